The van der Waals surface area contributed by atoms with Crippen LogP contribution >= 0.6 is 34.8 Å². The van der Waals surface area contributed by atoms with Gasteiger partial charge in [0.25, 0.3) is 0 Å². The van der Waals surface area contributed by atoms with Crippen LogP contribution in [0.3, 0.4) is 0 Å². The van der Waals surface area contributed by atoms with Crippen LogP contribution in [0, 0.1) is 0 Å². The van der Waals surface area contributed by atoms with Gasteiger partial charge in [0.15, 0.2) is 6.23 Å². The lowest BCUT2D eigenvalue weighted by Gasteiger charge is -2.33. The van der Waals surface area contributed by atoms with E-state index in [9.17, 15) is 0 Å². The number of halogens is 3. The average molecular weight is 522 g/mol. The second-order valence-electron chi connectivity index (χ2n) is 7.92. The fourth-order valence-corrected chi connectivity index (χ4v) is 4.52. The van der Waals surface area contributed by atoms with E-state index < -0.39 is 6.23 Å². The van der Waals surface area contributed by atoms with Crippen LogP contribution in [0.4, 0.5) is 11.5 Å². The first kappa shape index (κ1) is 24.5. The zero-order valence-electron chi connectivity index (χ0n) is 18.5. The van der Waals surface area contributed by atoms with Gasteiger partial charge < -0.3 is 20.7 Å². The molecule has 1 fully saturated rings. The summed E-state index contributed by atoms with van der Waals surface area (Å²) < 4.78 is 5.90. The van der Waals surface area contributed by atoms with Crippen molar-refractivity contribution >= 4 is 52.0 Å². The molecule has 11 heteroatoms. The van der Waals surface area contributed by atoms with Gasteiger partial charge in [-0.2, -0.15) is 0 Å². The highest BCUT2D eigenvalue weighted by Gasteiger charge is 2.24. The fourth-order valence-electron chi connectivity index (χ4n) is 3.72. The number of benzene rings is 1. The summed E-state index contributed by atoms with van der Waals surface area (Å²) in [7, 11) is 1.89. The highest BCUT2D eigenvalue weighted by molar-refractivity contribution is 6.36. The van der Waals surface area contributed by atoms with E-state index in [1.807, 2.05) is 13.1 Å². The molecule has 3 aromatic rings. The summed E-state index contributed by atoms with van der Waals surface area (Å²) in [6.45, 7) is 2.66. The molecular formula is C23H25Cl3N7O+. The van der Waals surface area contributed by atoms with Crippen molar-refractivity contribution in [3.63, 3.8) is 0 Å². The largest absolute Gasteiger partial charge is 0.470 e. The van der Waals surface area contributed by atoms with Gasteiger partial charge in [0, 0.05) is 55.0 Å². The molecule has 0 bridgehead atoms. The van der Waals surface area contributed by atoms with E-state index in [0.29, 0.717) is 29.1 Å². The van der Waals surface area contributed by atoms with Crippen LogP contribution in [0.1, 0.15) is 34.9 Å². The smallest absolute Gasteiger partial charge is 0.215 e. The van der Waals surface area contributed by atoms with Gasteiger partial charge in [-0.3, -0.25) is 16.1 Å². The monoisotopic (exact) mass is 520 g/mol. The zero-order chi connectivity index (χ0) is 24.4. The Morgan fingerprint density at radius 3 is 2.47 bits per heavy atom. The summed E-state index contributed by atoms with van der Waals surface area (Å²) in [6, 6.07) is 5.23. The Labute approximate surface area is 212 Å². The van der Waals surface area contributed by atoms with Crippen LogP contribution in [0.2, 0.25) is 15.1 Å². The molecular weight excluding hydrogens is 497 g/mol. The molecule has 4 rings (SSSR count). The van der Waals surface area contributed by atoms with Crippen LogP contribution in [0.5, 0.6) is 5.75 Å². The number of nitrogen functional groups attached to an aromatic ring is 1. The van der Waals surface area contributed by atoms with Crippen molar-refractivity contribution in [3.8, 4) is 5.75 Å². The van der Waals surface area contributed by atoms with Crippen molar-refractivity contribution in [1.82, 2.24) is 15.3 Å². The summed E-state index contributed by atoms with van der Waals surface area (Å²) >= 11 is 18.8. The lowest BCUT2D eigenvalue weighted by Crippen LogP contribution is -2.42. The molecule has 1 saturated heterocycles. The van der Waals surface area contributed by atoms with Crippen molar-refractivity contribution in [2.75, 3.05) is 30.8 Å². The van der Waals surface area contributed by atoms with Gasteiger partial charge in [-0.1, -0.05) is 34.8 Å². The van der Waals surface area contributed by atoms with Crippen LogP contribution in [0.15, 0.2) is 36.8 Å². The fraction of sp³-hybridized carbons (Fsp3) is 0.261. The van der Waals surface area contributed by atoms with Crippen LogP contribution < -0.4 is 31.8 Å². The molecule has 0 spiro atoms. The summed E-state index contributed by atoms with van der Waals surface area (Å²) in [5, 5.41) is 10.6. The topological polar surface area (TPSA) is 128 Å². The molecule has 3 heterocycles. The number of nitrogens with zero attached hydrogens (tertiary/aromatic N) is 3. The van der Waals surface area contributed by atoms with E-state index in [4.69, 9.17) is 56.4 Å². The summed E-state index contributed by atoms with van der Waals surface area (Å²) in [5.74, 6) is 1.24. The van der Waals surface area contributed by atoms with E-state index in [1.165, 1.54) is 18.8 Å². The van der Waals surface area contributed by atoms with Crippen molar-refractivity contribution in [2.45, 2.75) is 19.2 Å². The average Bonchev–Trinajstić information content (AvgIpc) is 2.75. The third-order valence-corrected chi connectivity index (χ3v) is 6.50. The number of rotatable bonds is 8. The van der Waals surface area contributed by atoms with Crippen molar-refractivity contribution in [1.29, 1.82) is 0 Å². The molecule has 0 aliphatic carbocycles. The number of hydrogen-bond donors (Lipinski definition) is 4. The molecule has 0 saturated carbocycles. The van der Waals surface area contributed by atoms with Crippen molar-refractivity contribution in [2.24, 2.45) is 5.73 Å². The number of pyridine rings is 2. The minimum atomic E-state index is -0.988. The van der Waals surface area contributed by atoms with Gasteiger partial charge in [-0.25, -0.2) is 4.98 Å². The minimum Gasteiger partial charge on any atom is -0.470 e. The molecule has 1 aromatic carbocycles. The van der Waals surface area contributed by atoms with E-state index in [-0.39, 0.29) is 20.8 Å². The first-order chi connectivity index (χ1) is 16.3. The van der Waals surface area contributed by atoms with Crippen LogP contribution in [-0.4, -0.2) is 35.8 Å². The maximum Gasteiger partial charge on any atom is 0.215 e. The molecule has 1 aliphatic heterocycles. The third-order valence-electron chi connectivity index (χ3n) is 5.60. The molecule has 0 unspecified atom stereocenters. The Hall–Kier alpha value is -2.62. The quantitative estimate of drug-likeness (QED) is 0.204. The third kappa shape index (κ3) is 4.92. The minimum absolute atomic E-state index is 0.271. The summed E-state index contributed by atoms with van der Waals surface area (Å²) in [5.41, 5.74) is 16.0. The Bertz CT molecular complexity index is 1210. The molecule has 7 N–H and O–H groups in total. The summed E-state index contributed by atoms with van der Waals surface area (Å²) in [6.07, 6.45) is 4.80. The standard InChI is InChI=1S/C23H24Cl3N7O/c1-30-8-13-5-12(9-32-23(13)33-3-2-4-33)21(28)14-6-19(15(24)7-18(14)27)34-22(29)20-16(25)10-31-11-17(20)26/h5-7,9-11,22,28,30H,2-4,8,27,29H2,1H3/p+1/t22-/m0/s1. The number of aromatic nitrogens is 2. The first-order valence-corrected chi connectivity index (χ1v) is 11.7. The lowest BCUT2D eigenvalue weighted by atomic mass is 10.00. The molecule has 1 aliphatic rings. The predicted molar refractivity (Wildman–Crippen MR) is 137 cm³/mol. The molecule has 8 nitrogen and oxygen atoms in total. The predicted octanol–water partition coefficient (Wildman–Crippen LogP) is 2.58. The first-order valence-electron chi connectivity index (χ1n) is 10.6. The molecule has 0 amide bonds. The van der Waals surface area contributed by atoms with Gasteiger partial charge >= 0.3 is 0 Å². The van der Waals surface area contributed by atoms with Gasteiger partial charge in [0.1, 0.15) is 11.6 Å². The van der Waals surface area contributed by atoms with Gasteiger partial charge in [-0.05, 0) is 31.7 Å². The number of nitrogens with two attached hydrogens (primary N) is 3. The second kappa shape index (κ2) is 10.3. The second-order valence-corrected chi connectivity index (χ2v) is 9.14. The van der Waals surface area contributed by atoms with Crippen molar-refractivity contribution in [3.05, 3.63) is 74.1 Å². The number of hydrogen-bond acceptors (Lipinski definition) is 7. The number of nitrogens with one attached hydrogen (secondary N) is 1. The zero-order valence-corrected chi connectivity index (χ0v) is 20.8. The van der Waals surface area contributed by atoms with Crippen LogP contribution in [-0.2, 0) is 6.54 Å². The maximum atomic E-state index is 6.55. The SMILES string of the molecule is CNCc1cc(C(=[NH2+])c2cc(O[C@H](N)c3c(Cl)cncc3Cl)c(Cl)cc2N)cnc1N1CCC1. The number of ether oxygens (including phenoxy) is 1. The molecule has 34 heavy (non-hydrogen) atoms. The van der Waals surface area contributed by atoms with E-state index in [0.717, 1.165) is 30.0 Å². The Kier molecular flexibility index (Phi) is 7.45. The molecule has 2 aromatic heterocycles. The number of anilines is 2. The van der Waals surface area contributed by atoms with Crippen LogP contribution in [0.25, 0.3) is 0 Å². The Morgan fingerprint density at radius 1 is 1.15 bits per heavy atom. The molecule has 0 radical (unpaired) electrons. The van der Waals surface area contributed by atoms with E-state index >= 15 is 0 Å². The lowest BCUT2D eigenvalue weighted by molar-refractivity contribution is -0.111. The van der Waals surface area contributed by atoms with E-state index in [1.54, 1.807) is 18.3 Å². The normalized spacial score (nSPS) is 14.0. The highest BCUT2D eigenvalue weighted by atomic mass is 35.5. The van der Waals surface area contributed by atoms with Gasteiger partial charge in [-0.15, -0.1) is 0 Å². The Morgan fingerprint density at radius 2 is 1.85 bits per heavy atom. The van der Waals surface area contributed by atoms with E-state index in [2.05, 4.69) is 20.2 Å². The Balaban J connectivity index is 1.65. The van der Waals surface area contributed by atoms with Crippen molar-refractivity contribution < 1.29 is 10.1 Å². The van der Waals surface area contributed by atoms with Gasteiger partial charge in [0.05, 0.1) is 26.2 Å². The highest BCUT2D eigenvalue weighted by Crippen LogP contribution is 2.35. The molecule has 178 valence electrons. The van der Waals surface area contributed by atoms with Gasteiger partial charge in [0.2, 0.25) is 5.71 Å². The molecule has 1 atom stereocenters. The maximum absolute atomic E-state index is 6.55. The summed E-state index contributed by atoms with van der Waals surface area (Å²) in [4.78, 5) is 10.8.